The summed E-state index contributed by atoms with van der Waals surface area (Å²) in [5.74, 6) is 0. The summed E-state index contributed by atoms with van der Waals surface area (Å²) in [6, 6.07) is 0. The Morgan fingerprint density at radius 2 is 2.00 bits per heavy atom. The molecule has 0 nitrogen and oxygen atoms in total. The van der Waals surface area contributed by atoms with Crippen LogP contribution in [0.5, 0.6) is 0 Å². The van der Waals surface area contributed by atoms with Gasteiger partial charge in [0.15, 0.2) is 0 Å². The molecule has 0 aliphatic carbocycles. The second-order valence-corrected chi connectivity index (χ2v) is 0.289. The van der Waals surface area contributed by atoms with E-state index in [-0.39, 0.29) is 20.3 Å². The first-order chi connectivity index (χ1) is 1.41. The van der Waals surface area contributed by atoms with E-state index in [0.717, 1.165) is 0 Å². The van der Waals surface area contributed by atoms with Gasteiger partial charge in [0.1, 0.15) is 0 Å². The zero-order chi connectivity index (χ0) is 2.71. The summed E-state index contributed by atoms with van der Waals surface area (Å²) in [5, 5.41) is 0. The average Bonchev–Trinajstić information content (AvgIpc) is 0.918. The van der Waals surface area contributed by atoms with Crippen LogP contribution in [0.4, 0.5) is 0 Å². The predicted octanol–water partition coefficient (Wildman–Crippen LogP) is -1.74. The molecule has 0 rings (SSSR count). The quantitative estimate of drug-likeness (QED) is 0.226. The van der Waals surface area contributed by atoms with E-state index < -0.39 is 0 Å². The molecule has 20 valence electrons. The maximum atomic E-state index is 3.25. The Morgan fingerprint density at radius 1 is 2.00 bits per heavy atom. The number of hydrogen-bond acceptors (Lipinski definition) is 0. The Morgan fingerprint density at radius 3 is 2.00 bits per heavy atom. The van der Waals surface area contributed by atoms with E-state index in [9.17, 15) is 0 Å². The molecule has 0 heterocycles. The standard InChI is InChI=1S/C3H5.Li.H2/c1-3-2;;/h3H,1-2H2;;1H/q-1;+1;. The molecule has 0 aliphatic rings. The van der Waals surface area contributed by atoms with Gasteiger partial charge in [0, 0.05) is 1.43 Å². The van der Waals surface area contributed by atoms with Gasteiger partial charge < -0.3 is 0 Å². The summed E-state index contributed by atoms with van der Waals surface area (Å²) < 4.78 is 0. The van der Waals surface area contributed by atoms with E-state index in [1.807, 2.05) is 0 Å². The van der Waals surface area contributed by atoms with Crippen molar-refractivity contribution in [2.24, 2.45) is 0 Å². The van der Waals surface area contributed by atoms with Gasteiger partial charge in [-0.15, -0.1) is 0 Å². The van der Waals surface area contributed by atoms with E-state index in [0.29, 0.717) is 0 Å². The van der Waals surface area contributed by atoms with Crippen molar-refractivity contribution in [1.29, 1.82) is 0 Å². The molecule has 0 spiro atoms. The third-order valence-electron chi connectivity index (χ3n) is 0. The van der Waals surface area contributed by atoms with Gasteiger partial charge in [-0.25, -0.2) is 19.6 Å². The monoisotopic (exact) mass is 50.1 g/mol. The van der Waals surface area contributed by atoms with E-state index >= 15 is 0 Å². The molecule has 0 radical (unpaired) electrons. The van der Waals surface area contributed by atoms with Crippen molar-refractivity contribution >= 4 is 0 Å². The minimum Gasteiger partial charge on any atom is -0.245 e. The summed E-state index contributed by atoms with van der Waals surface area (Å²) in [4.78, 5) is 0. The van der Waals surface area contributed by atoms with Crippen LogP contribution >= 0.6 is 0 Å². The fourth-order valence-corrected chi connectivity index (χ4v) is 0. The van der Waals surface area contributed by atoms with Crippen molar-refractivity contribution in [1.82, 2.24) is 0 Å². The predicted molar refractivity (Wildman–Crippen MR) is 17.7 cm³/mol. The van der Waals surface area contributed by atoms with E-state index in [1.165, 1.54) is 6.08 Å². The average molecular weight is 50.0 g/mol. The summed E-state index contributed by atoms with van der Waals surface area (Å²) >= 11 is 0. The molecule has 0 aromatic rings. The van der Waals surface area contributed by atoms with Crippen LogP contribution in [0.25, 0.3) is 0 Å². The maximum Gasteiger partial charge on any atom is 1.00 e. The molecule has 0 aromatic heterocycles. The zero-order valence-corrected chi connectivity index (χ0v) is 2.99. The van der Waals surface area contributed by atoms with Crippen molar-refractivity contribution in [3.63, 3.8) is 0 Å². The Labute approximate surface area is 40.6 Å². The largest absolute Gasteiger partial charge is 1.00 e. The number of hydrogen-bond donors (Lipinski definition) is 0. The molecule has 0 amide bonds. The Kier molecular flexibility index (Phi) is 23.8. The molecule has 0 bridgehead atoms. The van der Waals surface area contributed by atoms with Gasteiger partial charge in [-0.3, -0.25) is 0 Å². The molecule has 0 saturated carbocycles. The first-order valence-electron chi connectivity index (χ1n) is 0.816. The second-order valence-electron chi connectivity index (χ2n) is 0.289. The van der Waals surface area contributed by atoms with Gasteiger partial charge >= 0.3 is 18.9 Å². The fraction of sp³-hybridized carbons (Fsp3) is 0. The Balaban J connectivity index is -0.0000000200. The van der Waals surface area contributed by atoms with Crippen LogP contribution < -0.4 is 18.9 Å². The SMILES string of the molecule is C=C[CH2-].[HH].[Li+]. The summed E-state index contributed by atoms with van der Waals surface area (Å²) in [6.45, 7) is 6.50. The molecule has 4 heavy (non-hydrogen) atoms. The van der Waals surface area contributed by atoms with Crippen molar-refractivity contribution in [2.45, 2.75) is 0 Å². The van der Waals surface area contributed by atoms with Crippen LogP contribution in [-0.4, -0.2) is 0 Å². The van der Waals surface area contributed by atoms with Crippen LogP contribution in [0.2, 0.25) is 0 Å². The van der Waals surface area contributed by atoms with Gasteiger partial charge in [-0.1, -0.05) is 0 Å². The van der Waals surface area contributed by atoms with Crippen LogP contribution in [-0.2, 0) is 0 Å². The minimum atomic E-state index is 0. The van der Waals surface area contributed by atoms with E-state index in [2.05, 4.69) is 13.5 Å². The van der Waals surface area contributed by atoms with Gasteiger partial charge in [-0.2, -0.15) is 0 Å². The van der Waals surface area contributed by atoms with Crippen LogP contribution in [0.1, 0.15) is 1.43 Å². The molecule has 0 unspecified atom stereocenters. The molecule has 0 saturated heterocycles. The zero-order valence-electron chi connectivity index (χ0n) is 2.99. The van der Waals surface area contributed by atoms with Crippen molar-refractivity contribution in [3.05, 3.63) is 19.6 Å². The normalized spacial score (nSPS) is 3.00. The molecular formula is C3H7Li. The Bertz CT molecular complexity index is 14.4. The van der Waals surface area contributed by atoms with E-state index in [1.54, 1.807) is 0 Å². The van der Waals surface area contributed by atoms with Crippen LogP contribution in [0.15, 0.2) is 12.7 Å². The third-order valence-corrected chi connectivity index (χ3v) is 0. The van der Waals surface area contributed by atoms with Gasteiger partial charge in [-0.05, 0) is 0 Å². The van der Waals surface area contributed by atoms with Gasteiger partial charge in [0.05, 0.1) is 0 Å². The first-order valence-corrected chi connectivity index (χ1v) is 0.816. The van der Waals surface area contributed by atoms with Crippen molar-refractivity contribution in [2.75, 3.05) is 0 Å². The Hall–Kier alpha value is 0.207. The molecule has 0 N–H and O–H groups in total. The number of allylic oxidation sites excluding steroid dienone is 1. The van der Waals surface area contributed by atoms with Gasteiger partial charge in [0.2, 0.25) is 0 Å². The summed E-state index contributed by atoms with van der Waals surface area (Å²) in [5.41, 5.74) is 0. The molecule has 0 aromatic carbocycles. The summed E-state index contributed by atoms with van der Waals surface area (Å²) in [7, 11) is 0. The topological polar surface area (TPSA) is 0 Å². The molecule has 0 aliphatic heterocycles. The molecule has 0 atom stereocenters. The summed E-state index contributed by atoms with van der Waals surface area (Å²) in [6.07, 6.45) is 1.50. The van der Waals surface area contributed by atoms with Crippen molar-refractivity contribution < 1.29 is 20.3 Å². The van der Waals surface area contributed by atoms with E-state index in [4.69, 9.17) is 0 Å². The first kappa shape index (κ1) is 8.88. The smallest absolute Gasteiger partial charge is 0.245 e. The number of rotatable bonds is 0. The fourth-order valence-electron chi connectivity index (χ4n) is 0. The second kappa shape index (κ2) is 10.7. The minimum absolute atomic E-state index is 0. The van der Waals surface area contributed by atoms with Gasteiger partial charge in [0.25, 0.3) is 0 Å². The van der Waals surface area contributed by atoms with Crippen LogP contribution in [0, 0.1) is 6.92 Å². The molecular weight excluding hydrogens is 43.0 g/mol. The van der Waals surface area contributed by atoms with Crippen LogP contribution in [0.3, 0.4) is 0 Å². The third kappa shape index (κ3) is 74.8. The molecule has 0 fully saturated rings. The van der Waals surface area contributed by atoms with Crippen molar-refractivity contribution in [3.8, 4) is 0 Å². The molecule has 1 heteroatoms. The maximum absolute atomic E-state index is 3.25.